The van der Waals surface area contributed by atoms with Crippen molar-refractivity contribution in [2.45, 2.75) is 6.92 Å². The Morgan fingerprint density at radius 2 is 1.80 bits per heavy atom. The lowest BCUT2D eigenvalue weighted by atomic mass is 10.1. The normalized spacial score (nSPS) is 10.9. The molecule has 1 amide bonds. The van der Waals surface area contributed by atoms with E-state index in [1.165, 1.54) is 0 Å². The van der Waals surface area contributed by atoms with Crippen LogP contribution in [0.25, 0.3) is 11.1 Å². The van der Waals surface area contributed by atoms with E-state index >= 15 is 0 Å². The van der Waals surface area contributed by atoms with E-state index in [4.69, 9.17) is 5.73 Å². The molecule has 2 rings (SSSR count). The fourth-order valence-corrected chi connectivity index (χ4v) is 2.13. The monoisotopic (exact) mass is 384 g/mol. The van der Waals surface area contributed by atoms with Crippen molar-refractivity contribution >= 4 is 36.4 Å². The number of aromatic nitrogens is 1. The van der Waals surface area contributed by atoms with Gasteiger partial charge in [0.05, 0.1) is 5.56 Å². The number of amides is 1. The van der Waals surface area contributed by atoms with E-state index in [0.29, 0.717) is 18.7 Å². The van der Waals surface area contributed by atoms with Crippen molar-refractivity contribution in [1.29, 1.82) is 0 Å². The highest BCUT2D eigenvalue weighted by molar-refractivity contribution is 5.95. The molecule has 138 valence electrons. The number of carbonyl (C=O) groups is 1. The van der Waals surface area contributed by atoms with Crippen LogP contribution in [0.1, 0.15) is 17.3 Å². The van der Waals surface area contributed by atoms with Crippen LogP contribution in [-0.4, -0.2) is 38.1 Å². The van der Waals surface area contributed by atoms with Crippen molar-refractivity contribution in [1.82, 2.24) is 10.3 Å². The molecule has 5 nitrogen and oxygen atoms in total. The molecule has 25 heavy (non-hydrogen) atoms. The van der Waals surface area contributed by atoms with Crippen LogP contribution in [0.15, 0.2) is 42.7 Å². The fraction of sp³-hybridized carbons (Fsp3) is 0.333. The number of nitrogens with one attached hydrogen (secondary N) is 1. The highest BCUT2D eigenvalue weighted by Crippen LogP contribution is 2.22. The largest absolute Gasteiger partial charge is 0.378 e. The molecule has 0 radical (unpaired) electrons. The van der Waals surface area contributed by atoms with Crippen LogP contribution in [0.3, 0.4) is 0 Å². The number of hydrogen-bond donors (Lipinski definition) is 2. The van der Waals surface area contributed by atoms with Crippen LogP contribution in [0.2, 0.25) is 0 Å². The number of pyridine rings is 1. The highest BCUT2D eigenvalue weighted by atomic mass is 35.5. The first-order chi connectivity index (χ1) is 11.0. The highest BCUT2D eigenvalue weighted by Gasteiger charge is 2.09. The molecule has 0 aliphatic rings. The summed E-state index contributed by atoms with van der Waals surface area (Å²) in [5.74, 6) is 0.137. The minimum Gasteiger partial charge on any atom is -0.378 e. The van der Waals surface area contributed by atoms with E-state index in [9.17, 15) is 4.79 Å². The summed E-state index contributed by atoms with van der Waals surface area (Å²) in [7, 11) is 4.01. The molecular weight excluding hydrogens is 359 g/mol. The minimum absolute atomic E-state index is 0. The standard InChI is InChI=1S/C18H24N4O.2ClH/c1-13(9-19)10-21-18(23)16-8-15(11-20-12-16)14-4-6-17(7-5-14)22(2)3;;/h4-8,11-13H,9-10,19H2,1-3H3,(H,21,23);2*1H. The molecule has 0 spiro atoms. The average molecular weight is 385 g/mol. The molecule has 0 bridgehead atoms. The number of nitrogens with two attached hydrogens (primary N) is 1. The summed E-state index contributed by atoms with van der Waals surface area (Å²) in [6, 6.07) is 10.0. The zero-order valence-corrected chi connectivity index (χ0v) is 16.4. The van der Waals surface area contributed by atoms with Gasteiger partial charge in [-0.15, -0.1) is 24.8 Å². The molecule has 1 aromatic carbocycles. The van der Waals surface area contributed by atoms with E-state index < -0.39 is 0 Å². The predicted molar refractivity (Wildman–Crippen MR) is 109 cm³/mol. The van der Waals surface area contributed by atoms with Crippen molar-refractivity contribution in [3.63, 3.8) is 0 Å². The summed E-state index contributed by atoms with van der Waals surface area (Å²) in [5.41, 5.74) is 9.21. The predicted octanol–water partition coefficient (Wildman–Crippen LogP) is 2.98. The van der Waals surface area contributed by atoms with Gasteiger partial charge in [0.1, 0.15) is 0 Å². The Bertz CT molecular complexity index is 662. The summed E-state index contributed by atoms with van der Waals surface area (Å²) >= 11 is 0. The van der Waals surface area contributed by atoms with Crippen molar-refractivity contribution in [3.8, 4) is 11.1 Å². The first-order valence-corrected chi connectivity index (χ1v) is 7.72. The van der Waals surface area contributed by atoms with E-state index in [2.05, 4.69) is 10.3 Å². The first kappa shape index (κ1) is 23.2. The smallest absolute Gasteiger partial charge is 0.252 e. The molecule has 1 aromatic heterocycles. The number of hydrogen-bond acceptors (Lipinski definition) is 4. The second-order valence-electron chi connectivity index (χ2n) is 5.95. The van der Waals surface area contributed by atoms with E-state index in [1.807, 2.05) is 56.3 Å². The van der Waals surface area contributed by atoms with Crippen LogP contribution in [-0.2, 0) is 0 Å². The Morgan fingerprint density at radius 3 is 2.36 bits per heavy atom. The molecule has 7 heteroatoms. The summed E-state index contributed by atoms with van der Waals surface area (Å²) in [5, 5.41) is 2.89. The lowest BCUT2D eigenvalue weighted by Gasteiger charge is -2.13. The summed E-state index contributed by atoms with van der Waals surface area (Å²) in [6.07, 6.45) is 3.35. The molecule has 1 heterocycles. The molecular formula is C18H26Cl2N4O. The number of nitrogens with zero attached hydrogens (tertiary/aromatic N) is 2. The molecule has 0 saturated carbocycles. The maximum Gasteiger partial charge on any atom is 0.252 e. The molecule has 1 unspecified atom stereocenters. The average Bonchev–Trinajstić information content (AvgIpc) is 2.59. The summed E-state index contributed by atoms with van der Waals surface area (Å²) in [4.78, 5) is 18.4. The second-order valence-corrected chi connectivity index (χ2v) is 5.95. The van der Waals surface area contributed by atoms with Gasteiger partial charge >= 0.3 is 0 Å². The second kappa shape index (κ2) is 10.9. The van der Waals surface area contributed by atoms with Gasteiger partial charge < -0.3 is 16.0 Å². The molecule has 0 saturated heterocycles. The van der Waals surface area contributed by atoms with Crippen LogP contribution < -0.4 is 16.0 Å². The van der Waals surface area contributed by atoms with Gasteiger partial charge in [0, 0.05) is 44.3 Å². The lowest BCUT2D eigenvalue weighted by molar-refractivity contribution is 0.0948. The van der Waals surface area contributed by atoms with Crippen molar-refractivity contribution in [3.05, 3.63) is 48.3 Å². The van der Waals surface area contributed by atoms with Gasteiger partial charge in [-0.05, 0) is 36.2 Å². The third kappa shape index (κ3) is 6.53. The number of anilines is 1. The van der Waals surface area contributed by atoms with Crippen LogP contribution in [0, 0.1) is 5.92 Å². The van der Waals surface area contributed by atoms with Crippen LogP contribution >= 0.6 is 24.8 Å². The van der Waals surface area contributed by atoms with Crippen LogP contribution in [0.5, 0.6) is 0 Å². The molecule has 2 aromatic rings. The maximum absolute atomic E-state index is 12.2. The van der Waals surface area contributed by atoms with E-state index in [-0.39, 0.29) is 36.6 Å². The number of carbonyl (C=O) groups excluding carboxylic acids is 1. The number of halogens is 2. The van der Waals surface area contributed by atoms with Gasteiger partial charge in [-0.3, -0.25) is 9.78 Å². The first-order valence-electron chi connectivity index (χ1n) is 7.72. The van der Waals surface area contributed by atoms with E-state index in [1.54, 1.807) is 12.4 Å². The number of benzene rings is 1. The topological polar surface area (TPSA) is 71.2 Å². The van der Waals surface area contributed by atoms with E-state index in [0.717, 1.165) is 16.8 Å². The Hall–Kier alpha value is -1.82. The van der Waals surface area contributed by atoms with Gasteiger partial charge in [0.25, 0.3) is 5.91 Å². The Balaban J connectivity index is 0.00000288. The molecule has 0 fully saturated rings. The SMILES string of the molecule is CC(CN)CNC(=O)c1cncc(-c2ccc(N(C)C)cc2)c1.Cl.Cl. The minimum atomic E-state index is -0.121. The van der Waals surface area contributed by atoms with Crippen molar-refractivity contribution in [2.24, 2.45) is 11.7 Å². The van der Waals surface area contributed by atoms with Gasteiger partial charge in [-0.2, -0.15) is 0 Å². The molecule has 0 aliphatic heterocycles. The Labute approximate surface area is 161 Å². The van der Waals surface area contributed by atoms with Gasteiger partial charge in [0.2, 0.25) is 0 Å². The van der Waals surface area contributed by atoms with Crippen molar-refractivity contribution in [2.75, 3.05) is 32.1 Å². The zero-order chi connectivity index (χ0) is 16.8. The van der Waals surface area contributed by atoms with Crippen LogP contribution in [0.4, 0.5) is 5.69 Å². The third-order valence-electron chi connectivity index (χ3n) is 3.73. The number of rotatable bonds is 6. The Kier molecular flexibility index (Phi) is 10.1. The van der Waals surface area contributed by atoms with Gasteiger partial charge in [0.15, 0.2) is 0 Å². The molecule has 3 N–H and O–H groups in total. The summed E-state index contributed by atoms with van der Waals surface area (Å²) < 4.78 is 0. The fourth-order valence-electron chi connectivity index (χ4n) is 2.13. The van der Waals surface area contributed by atoms with Gasteiger partial charge in [-0.1, -0.05) is 19.1 Å². The zero-order valence-electron chi connectivity index (χ0n) is 14.7. The summed E-state index contributed by atoms with van der Waals surface area (Å²) in [6.45, 7) is 3.12. The molecule has 0 aliphatic carbocycles. The van der Waals surface area contributed by atoms with Crippen molar-refractivity contribution < 1.29 is 4.79 Å². The maximum atomic E-state index is 12.2. The van der Waals surface area contributed by atoms with Gasteiger partial charge in [-0.25, -0.2) is 0 Å². The molecule has 1 atom stereocenters. The third-order valence-corrected chi connectivity index (χ3v) is 3.73. The Morgan fingerprint density at radius 1 is 1.16 bits per heavy atom. The lowest BCUT2D eigenvalue weighted by Crippen LogP contribution is -2.31. The quantitative estimate of drug-likeness (QED) is 0.802.